The number of hydrogen-bond acceptors (Lipinski definition) is 3. The molecule has 1 aliphatic heterocycles. The number of fused-ring (bicyclic) bond motifs is 1. The van der Waals surface area contributed by atoms with Crippen LogP contribution in [-0.2, 0) is 11.3 Å². The summed E-state index contributed by atoms with van der Waals surface area (Å²) in [6.45, 7) is 2.98. The first-order valence-corrected chi connectivity index (χ1v) is 10.1. The molecule has 0 aliphatic carbocycles. The van der Waals surface area contributed by atoms with Gasteiger partial charge in [0.25, 0.3) is 0 Å². The Morgan fingerprint density at radius 2 is 1.70 bits per heavy atom. The van der Waals surface area contributed by atoms with Gasteiger partial charge >= 0.3 is 5.97 Å². The summed E-state index contributed by atoms with van der Waals surface area (Å²) in [5.41, 5.74) is 15.6. The van der Waals surface area contributed by atoms with Crippen LogP contribution in [0.5, 0.6) is 0 Å². The van der Waals surface area contributed by atoms with E-state index < -0.39 is 5.97 Å². The van der Waals surface area contributed by atoms with Gasteiger partial charge < -0.3 is 10.5 Å². The molecule has 3 N–H and O–H groups in total. The first-order chi connectivity index (χ1) is 14.7. The molecule has 1 heterocycles. The molecule has 0 fully saturated rings. The minimum Gasteiger partial charge on any atom is -0.478 e. The van der Waals surface area contributed by atoms with E-state index in [-0.39, 0.29) is 0 Å². The molecule has 0 spiro atoms. The Balaban J connectivity index is 1.86. The third-order valence-corrected chi connectivity index (χ3v) is 5.29. The average molecular weight is 396 g/mol. The van der Waals surface area contributed by atoms with Crippen LogP contribution in [-0.4, -0.2) is 11.1 Å². The van der Waals surface area contributed by atoms with Crippen molar-refractivity contribution in [3.63, 3.8) is 0 Å². The maximum Gasteiger partial charge on any atom is 0.328 e. The zero-order valence-corrected chi connectivity index (χ0v) is 16.9. The number of hydrogen-bond donors (Lipinski definition) is 3. The molecule has 30 heavy (non-hydrogen) atoms. The lowest BCUT2D eigenvalue weighted by Crippen LogP contribution is -2.10. The Hall–Kier alpha value is -3.63. The SMILES string of the molecule is CC/C(=C(/c1ccc(/C=C/C(=O)O)cc1)c1ccc2c(c1)CNN2)c1ccccc1. The van der Waals surface area contributed by atoms with Gasteiger partial charge in [-0.25, -0.2) is 10.2 Å². The summed E-state index contributed by atoms with van der Waals surface area (Å²) in [6, 6.07) is 25.1. The van der Waals surface area contributed by atoms with E-state index in [1.807, 2.05) is 18.2 Å². The normalized spacial score (nSPS) is 13.6. The van der Waals surface area contributed by atoms with Crippen LogP contribution in [0.2, 0.25) is 0 Å². The number of allylic oxidation sites excluding steroid dienone is 1. The largest absolute Gasteiger partial charge is 0.478 e. The summed E-state index contributed by atoms with van der Waals surface area (Å²) < 4.78 is 0. The maximum atomic E-state index is 10.8. The fourth-order valence-electron chi connectivity index (χ4n) is 3.86. The molecule has 4 heteroatoms. The van der Waals surface area contributed by atoms with Gasteiger partial charge in [0.1, 0.15) is 0 Å². The summed E-state index contributed by atoms with van der Waals surface area (Å²) in [6.07, 6.45) is 3.67. The molecule has 1 aliphatic rings. The second kappa shape index (κ2) is 8.80. The molecule has 0 aromatic heterocycles. The summed E-state index contributed by atoms with van der Waals surface area (Å²) in [5.74, 6) is -0.947. The van der Waals surface area contributed by atoms with Gasteiger partial charge in [-0.05, 0) is 63.6 Å². The van der Waals surface area contributed by atoms with Crippen LogP contribution in [0.15, 0.2) is 78.9 Å². The third kappa shape index (κ3) is 4.19. The number of aliphatic carboxylic acids is 1. The van der Waals surface area contributed by atoms with Crippen LogP contribution < -0.4 is 10.9 Å². The quantitative estimate of drug-likeness (QED) is 0.376. The van der Waals surface area contributed by atoms with Crippen LogP contribution in [0.25, 0.3) is 17.2 Å². The first kappa shape index (κ1) is 19.7. The number of carbonyl (C=O) groups is 1. The van der Waals surface area contributed by atoms with Crippen LogP contribution in [0, 0.1) is 0 Å². The van der Waals surface area contributed by atoms with Crippen molar-refractivity contribution in [2.75, 3.05) is 5.43 Å². The van der Waals surface area contributed by atoms with Crippen molar-refractivity contribution < 1.29 is 9.90 Å². The van der Waals surface area contributed by atoms with Gasteiger partial charge in [-0.2, -0.15) is 0 Å². The Kier molecular flexibility index (Phi) is 5.77. The van der Waals surface area contributed by atoms with Gasteiger partial charge in [0.05, 0.1) is 5.69 Å². The summed E-state index contributed by atoms with van der Waals surface area (Å²) in [5, 5.41) is 8.87. The highest BCUT2D eigenvalue weighted by atomic mass is 16.4. The van der Waals surface area contributed by atoms with Gasteiger partial charge in [-0.15, -0.1) is 0 Å². The van der Waals surface area contributed by atoms with Crippen molar-refractivity contribution in [1.29, 1.82) is 0 Å². The zero-order chi connectivity index (χ0) is 20.9. The number of carboxylic acids is 1. The van der Waals surface area contributed by atoms with Crippen LogP contribution in [0.1, 0.15) is 41.2 Å². The van der Waals surface area contributed by atoms with Crippen LogP contribution >= 0.6 is 0 Å². The molecular weight excluding hydrogens is 372 g/mol. The van der Waals surface area contributed by atoms with Gasteiger partial charge in [0.2, 0.25) is 0 Å². The van der Waals surface area contributed by atoms with E-state index >= 15 is 0 Å². The topological polar surface area (TPSA) is 61.4 Å². The molecule has 4 rings (SSSR count). The molecule has 4 nitrogen and oxygen atoms in total. The molecule has 0 bridgehead atoms. The van der Waals surface area contributed by atoms with Crippen molar-refractivity contribution in [2.45, 2.75) is 19.9 Å². The number of nitrogens with one attached hydrogen (secondary N) is 2. The lowest BCUT2D eigenvalue weighted by atomic mass is 9.87. The molecule has 0 unspecified atom stereocenters. The van der Waals surface area contributed by atoms with Crippen molar-refractivity contribution in [3.8, 4) is 0 Å². The Bertz CT molecular complexity index is 1110. The summed E-state index contributed by atoms with van der Waals surface area (Å²) >= 11 is 0. The minimum absolute atomic E-state index is 0.794. The van der Waals surface area contributed by atoms with Crippen molar-refractivity contribution >= 4 is 28.9 Å². The lowest BCUT2D eigenvalue weighted by molar-refractivity contribution is -0.131. The summed E-state index contributed by atoms with van der Waals surface area (Å²) in [7, 11) is 0. The van der Waals surface area contributed by atoms with Gasteiger partial charge in [0, 0.05) is 12.6 Å². The molecule has 0 saturated heterocycles. The van der Waals surface area contributed by atoms with Crippen LogP contribution in [0.3, 0.4) is 0 Å². The lowest BCUT2D eigenvalue weighted by Gasteiger charge is -2.17. The highest BCUT2D eigenvalue weighted by Crippen LogP contribution is 2.36. The standard InChI is InChI=1S/C26H24N2O2/c1-2-23(19-6-4-3-5-7-19)26(21-13-14-24-22(16-21)17-27-28-24)20-11-8-18(9-12-20)10-15-25(29)30/h3-16,27-28H,2,17H2,1H3,(H,29,30)/b15-10+,26-23+. The Morgan fingerprint density at radius 1 is 0.967 bits per heavy atom. The van der Waals surface area contributed by atoms with Crippen LogP contribution in [0.4, 0.5) is 5.69 Å². The van der Waals surface area contributed by atoms with E-state index in [0.717, 1.165) is 35.9 Å². The highest BCUT2D eigenvalue weighted by Gasteiger charge is 2.16. The molecule has 150 valence electrons. The third-order valence-electron chi connectivity index (χ3n) is 5.29. The minimum atomic E-state index is -0.947. The predicted molar refractivity (Wildman–Crippen MR) is 123 cm³/mol. The first-order valence-electron chi connectivity index (χ1n) is 10.1. The average Bonchev–Trinajstić information content (AvgIpc) is 3.25. The molecule has 0 saturated carbocycles. The molecule has 3 aromatic carbocycles. The van der Waals surface area contributed by atoms with E-state index in [1.165, 1.54) is 27.8 Å². The molecule has 0 amide bonds. The number of benzene rings is 3. The monoisotopic (exact) mass is 396 g/mol. The van der Waals surface area contributed by atoms with E-state index in [1.54, 1.807) is 6.08 Å². The second-order valence-electron chi connectivity index (χ2n) is 7.22. The number of hydrazine groups is 1. The number of anilines is 1. The van der Waals surface area contributed by atoms with Gasteiger partial charge in [0.15, 0.2) is 0 Å². The predicted octanol–water partition coefficient (Wildman–Crippen LogP) is 5.58. The highest BCUT2D eigenvalue weighted by molar-refractivity contribution is 5.99. The molecular formula is C26H24N2O2. The zero-order valence-electron chi connectivity index (χ0n) is 16.9. The van der Waals surface area contributed by atoms with Crippen molar-refractivity contribution in [1.82, 2.24) is 5.43 Å². The van der Waals surface area contributed by atoms with E-state index in [0.29, 0.717) is 0 Å². The molecule has 0 radical (unpaired) electrons. The molecule has 3 aromatic rings. The Labute approximate surface area is 176 Å². The fraction of sp³-hybridized carbons (Fsp3) is 0.115. The second-order valence-corrected chi connectivity index (χ2v) is 7.22. The van der Waals surface area contributed by atoms with Gasteiger partial charge in [-0.3, -0.25) is 0 Å². The number of rotatable bonds is 6. The smallest absolute Gasteiger partial charge is 0.328 e. The van der Waals surface area contributed by atoms with Crippen molar-refractivity contribution in [3.05, 3.63) is 107 Å². The van der Waals surface area contributed by atoms with Gasteiger partial charge in [-0.1, -0.05) is 67.6 Å². The van der Waals surface area contributed by atoms with E-state index in [4.69, 9.17) is 5.11 Å². The summed E-state index contributed by atoms with van der Waals surface area (Å²) in [4.78, 5) is 10.8. The maximum absolute atomic E-state index is 10.8. The molecule has 0 atom stereocenters. The number of carboxylic acid groups (broad SMARTS) is 1. The van der Waals surface area contributed by atoms with Crippen molar-refractivity contribution in [2.24, 2.45) is 0 Å². The van der Waals surface area contributed by atoms with E-state index in [2.05, 4.69) is 72.4 Å². The fourth-order valence-corrected chi connectivity index (χ4v) is 3.86. The van der Waals surface area contributed by atoms with E-state index in [9.17, 15) is 4.79 Å². The Morgan fingerprint density at radius 3 is 2.40 bits per heavy atom.